The SMILES string of the molecule is C=CCc1ccc(OCCCCn2ncc3ccccc32)c(OC)c1. The maximum atomic E-state index is 5.89. The number of para-hydroxylation sites is 1. The number of benzene rings is 2. The minimum Gasteiger partial charge on any atom is -0.493 e. The minimum atomic E-state index is 0.663. The topological polar surface area (TPSA) is 36.3 Å². The van der Waals surface area contributed by atoms with Gasteiger partial charge in [0.05, 0.1) is 25.4 Å². The summed E-state index contributed by atoms with van der Waals surface area (Å²) in [6.45, 7) is 5.32. The zero-order valence-electron chi connectivity index (χ0n) is 14.6. The van der Waals surface area contributed by atoms with Crippen molar-refractivity contribution in [1.29, 1.82) is 0 Å². The van der Waals surface area contributed by atoms with Crippen LogP contribution in [0.1, 0.15) is 18.4 Å². The molecule has 0 aliphatic heterocycles. The van der Waals surface area contributed by atoms with Crippen LogP contribution in [-0.2, 0) is 13.0 Å². The van der Waals surface area contributed by atoms with Crippen molar-refractivity contribution >= 4 is 10.9 Å². The lowest BCUT2D eigenvalue weighted by molar-refractivity contribution is 0.283. The lowest BCUT2D eigenvalue weighted by Crippen LogP contribution is -2.04. The van der Waals surface area contributed by atoms with Gasteiger partial charge in [-0.1, -0.05) is 30.3 Å². The largest absolute Gasteiger partial charge is 0.493 e. The second-order valence-electron chi connectivity index (χ2n) is 5.96. The highest BCUT2D eigenvalue weighted by molar-refractivity contribution is 5.78. The summed E-state index contributed by atoms with van der Waals surface area (Å²) in [5.41, 5.74) is 2.35. The molecule has 0 aliphatic rings. The van der Waals surface area contributed by atoms with E-state index in [1.54, 1.807) is 7.11 Å². The average molecular weight is 336 g/mol. The summed E-state index contributed by atoms with van der Waals surface area (Å²) in [4.78, 5) is 0. The van der Waals surface area contributed by atoms with Crippen LogP contribution in [0.3, 0.4) is 0 Å². The number of rotatable bonds is 9. The minimum absolute atomic E-state index is 0.663. The zero-order chi connectivity index (χ0) is 17.5. The van der Waals surface area contributed by atoms with Crippen LogP contribution in [0.5, 0.6) is 11.5 Å². The third-order valence-corrected chi connectivity index (χ3v) is 4.18. The highest BCUT2D eigenvalue weighted by Crippen LogP contribution is 2.28. The van der Waals surface area contributed by atoms with Crippen molar-refractivity contribution in [2.75, 3.05) is 13.7 Å². The summed E-state index contributed by atoms with van der Waals surface area (Å²) in [5, 5.41) is 5.64. The molecule has 0 bridgehead atoms. The first-order valence-electron chi connectivity index (χ1n) is 8.63. The first-order chi connectivity index (χ1) is 12.3. The summed E-state index contributed by atoms with van der Waals surface area (Å²) < 4.78 is 13.4. The molecule has 0 unspecified atom stereocenters. The molecule has 0 radical (unpaired) electrons. The maximum Gasteiger partial charge on any atom is 0.161 e. The highest BCUT2D eigenvalue weighted by atomic mass is 16.5. The van der Waals surface area contributed by atoms with Crippen LogP contribution in [0.2, 0.25) is 0 Å². The van der Waals surface area contributed by atoms with Crippen LogP contribution in [0, 0.1) is 0 Å². The Kier molecular flexibility index (Phi) is 5.73. The molecule has 0 aliphatic carbocycles. The maximum absolute atomic E-state index is 5.89. The summed E-state index contributed by atoms with van der Waals surface area (Å²) >= 11 is 0. The Labute approximate surface area is 148 Å². The van der Waals surface area contributed by atoms with Crippen LogP contribution < -0.4 is 9.47 Å². The summed E-state index contributed by atoms with van der Waals surface area (Å²) in [6.07, 6.45) is 6.61. The molecule has 0 amide bonds. The average Bonchev–Trinajstić information content (AvgIpc) is 3.06. The van der Waals surface area contributed by atoms with Crippen LogP contribution in [0.4, 0.5) is 0 Å². The Morgan fingerprint density at radius 2 is 2.00 bits per heavy atom. The van der Waals surface area contributed by atoms with Crippen molar-refractivity contribution in [3.05, 3.63) is 66.9 Å². The molecule has 4 heteroatoms. The number of ether oxygens (including phenoxy) is 2. The van der Waals surface area contributed by atoms with Gasteiger partial charge in [-0.15, -0.1) is 6.58 Å². The molecule has 3 aromatic rings. The van der Waals surface area contributed by atoms with Crippen LogP contribution in [0.25, 0.3) is 10.9 Å². The van der Waals surface area contributed by atoms with E-state index in [0.717, 1.165) is 37.3 Å². The van der Waals surface area contributed by atoms with Gasteiger partial charge in [0.25, 0.3) is 0 Å². The quantitative estimate of drug-likeness (QED) is 0.422. The van der Waals surface area contributed by atoms with E-state index in [1.165, 1.54) is 16.5 Å². The molecular weight excluding hydrogens is 312 g/mol. The van der Waals surface area contributed by atoms with E-state index in [0.29, 0.717) is 6.61 Å². The van der Waals surface area contributed by atoms with E-state index >= 15 is 0 Å². The van der Waals surface area contributed by atoms with Gasteiger partial charge in [-0.2, -0.15) is 5.10 Å². The highest BCUT2D eigenvalue weighted by Gasteiger charge is 2.06. The molecule has 0 N–H and O–H groups in total. The van der Waals surface area contributed by atoms with Gasteiger partial charge in [0, 0.05) is 11.9 Å². The molecule has 4 nitrogen and oxygen atoms in total. The number of hydrogen-bond donors (Lipinski definition) is 0. The first-order valence-corrected chi connectivity index (χ1v) is 8.63. The van der Waals surface area contributed by atoms with Crippen LogP contribution >= 0.6 is 0 Å². The number of unbranched alkanes of at least 4 members (excludes halogenated alkanes) is 1. The summed E-state index contributed by atoms with van der Waals surface area (Å²) in [6, 6.07) is 14.3. The molecular formula is C21H24N2O2. The molecule has 130 valence electrons. The molecule has 3 rings (SSSR count). The standard InChI is InChI=1S/C21H24N2O2/c1-3-8-17-11-12-20(21(15-17)24-2)25-14-7-6-13-23-19-10-5-4-9-18(19)16-22-23/h3-5,9-12,15-16H,1,6-8,13-14H2,2H3. The van der Waals surface area contributed by atoms with E-state index < -0.39 is 0 Å². The number of allylic oxidation sites excluding steroid dienone is 1. The molecule has 1 heterocycles. The predicted octanol–water partition coefficient (Wildman–Crippen LogP) is 4.63. The fourth-order valence-electron chi connectivity index (χ4n) is 2.87. The molecule has 0 fully saturated rings. The van der Waals surface area contributed by atoms with E-state index in [-0.39, 0.29) is 0 Å². The Morgan fingerprint density at radius 1 is 1.12 bits per heavy atom. The number of hydrogen-bond acceptors (Lipinski definition) is 3. The Balaban J connectivity index is 1.49. The molecule has 0 saturated heterocycles. The van der Waals surface area contributed by atoms with Gasteiger partial charge in [-0.25, -0.2) is 0 Å². The monoisotopic (exact) mass is 336 g/mol. The predicted molar refractivity (Wildman–Crippen MR) is 101 cm³/mol. The van der Waals surface area contributed by atoms with Gasteiger partial charge in [-0.05, 0) is 43.0 Å². The van der Waals surface area contributed by atoms with Crippen molar-refractivity contribution < 1.29 is 9.47 Å². The fourth-order valence-corrected chi connectivity index (χ4v) is 2.87. The zero-order valence-corrected chi connectivity index (χ0v) is 14.6. The van der Waals surface area contributed by atoms with Crippen molar-refractivity contribution in [2.24, 2.45) is 0 Å². The van der Waals surface area contributed by atoms with Gasteiger partial charge in [0.1, 0.15) is 0 Å². The number of fused-ring (bicyclic) bond motifs is 1. The molecule has 0 atom stereocenters. The fraction of sp³-hybridized carbons (Fsp3) is 0.286. The van der Waals surface area contributed by atoms with Gasteiger partial charge < -0.3 is 9.47 Å². The van der Waals surface area contributed by atoms with Crippen molar-refractivity contribution in [3.63, 3.8) is 0 Å². The third-order valence-electron chi connectivity index (χ3n) is 4.18. The third kappa shape index (κ3) is 4.21. The van der Waals surface area contributed by atoms with Crippen molar-refractivity contribution in [3.8, 4) is 11.5 Å². The molecule has 0 saturated carbocycles. The molecule has 0 spiro atoms. The normalized spacial score (nSPS) is 10.8. The Hall–Kier alpha value is -2.75. The van der Waals surface area contributed by atoms with Crippen molar-refractivity contribution in [1.82, 2.24) is 9.78 Å². The van der Waals surface area contributed by atoms with E-state index in [9.17, 15) is 0 Å². The first kappa shape index (κ1) is 17.1. The molecule has 2 aromatic carbocycles. The van der Waals surface area contributed by atoms with Gasteiger partial charge >= 0.3 is 0 Å². The lowest BCUT2D eigenvalue weighted by Gasteiger charge is -2.12. The summed E-state index contributed by atoms with van der Waals surface area (Å²) in [5.74, 6) is 1.57. The second-order valence-corrected chi connectivity index (χ2v) is 5.96. The van der Waals surface area contributed by atoms with Crippen molar-refractivity contribution in [2.45, 2.75) is 25.8 Å². The van der Waals surface area contributed by atoms with Crippen LogP contribution in [0.15, 0.2) is 61.3 Å². The molecule has 1 aromatic heterocycles. The van der Waals surface area contributed by atoms with Gasteiger partial charge in [-0.3, -0.25) is 4.68 Å². The second kappa shape index (κ2) is 8.38. The Bertz CT molecular complexity index is 839. The lowest BCUT2D eigenvalue weighted by atomic mass is 10.1. The number of nitrogens with zero attached hydrogens (tertiary/aromatic N) is 2. The van der Waals surface area contributed by atoms with E-state index in [4.69, 9.17) is 9.47 Å². The van der Waals surface area contributed by atoms with E-state index in [1.807, 2.05) is 36.5 Å². The molecule has 25 heavy (non-hydrogen) atoms. The van der Waals surface area contributed by atoms with Crippen LogP contribution in [-0.4, -0.2) is 23.5 Å². The summed E-state index contributed by atoms with van der Waals surface area (Å²) in [7, 11) is 1.67. The Morgan fingerprint density at radius 3 is 2.84 bits per heavy atom. The van der Waals surface area contributed by atoms with Gasteiger partial charge in [0.15, 0.2) is 11.5 Å². The van der Waals surface area contributed by atoms with Gasteiger partial charge in [0.2, 0.25) is 0 Å². The smallest absolute Gasteiger partial charge is 0.161 e. The number of aryl methyl sites for hydroxylation is 1. The van der Waals surface area contributed by atoms with E-state index in [2.05, 4.69) is 34.6 Å². The number of aromatic nitrogens is 2. The number of methoxy groups -OCH3 is 1.